The van der Waals surface area contributed by atoms with Gasteiger partial charge in [-0.2, -0.15) is 0 Å². The minimum atomic E-state index is -0.358. The van der Waals surface area contributed by atoms with Crippen LogP contribution < -0.4 is 11.1 Å². The number of hydrogen-bond donors (Lipinski definition) is 2. The third-order valence-corrected chi connectivity index (χ3v) is 5.60. The quantitative estimate of drug-likeness (QED) is 0.790. The molecule has 0 radical (unpaired) electrons. The zero-order chi connectivity index (χ0) is 16.6. The first-order chi connectivity index (χ1) is 10.9. The van der Waals surface area contributed by atoms with Crippen LogP contribution in [0, 0.1) is 18.7 Å². The van der Waals surface area contributed by atoms with E-state index in [0.29, 0.717) is 28.0 Å². The first kappa shape index (κ1) is 21.8. The average Bonchev–Trinajstić information content (AvgIpc) is 3.31. The third kappa shape index (κ3) is 4.70. The summed E-state index contributed by atoms with van der Waals surface area (Å²) in [6, 6.07) is 6.13. The Labute approximate surface area is 163 Å². The van der Waals surface area contributed by atoms with Crippen LogP contribution in [0.15, 0.2) is 24.3 Å². The summed E-state index contributed by atoms with van der Waals surface area (Å²) in [5, 5.41) is 3.80. The van der Waals surface area contributed by atoms with Crippen molar-refractivity contribution in [2.75, 3.05) is 6.54 Å². The van der Waals surface area contributed by atoms with Gasteiger partial charge in [0, 0.05) is 12.1 Å². The molecule has 0 saturated heterocycles. The van der Waals surface area contributed by atoms with Crippen LogP contribution in [0.25, 0.3) is 10.6 Å². The summed E-state index contributed by atoms with van der Waals surface area (Å²) < 4.78 is 13.0. The number of nitrogens with two attached hydrogens (primary N) is 1. The average molecular weight is 406 g/mol. The molecule has 3 rings (SSSR count). The van der Waals surface area contributed by atoms with Gasteiger partial charge in [-0.25, -0.2) is 9.37 Å². The van der Waals surface area contributed by atoms with Crippen LogP contribution in [-0.4, -0.2) is 23.0 Å². The van der Waals surface area contributed by atoms with Gasteiger partial charge in [-0.05, 0) is 56.9 Å². The van der Waals surface area contributed by atoms with Gasteiger partial charge in [-0.3, -0.25) is 4.79 Å². The maximum Gasteiger partial charge on any atom is 0.263 e. The fraction of sp³-hybridized carbons (Fsp3) is 0.412. The van der Waals surface area contributed by atoms with Gasteiger partial charge in [0.25, 0.3) is 5.91 Å². The smallest absolute Gasteiger partial charge is 0.263 e. The Morgan fingerprint density at radius 3 is 2.48 bits per heavy atom. The molecule has 1 aliphatic carbocycles. The molecule has 4 nitrogen and oxygen atoms in total. The lowest BCUT2D eigenvalue weighted by molar-refractivity contribution is 0.0901. The fourth-order valence-electron chi connectivity index (χ4n) is 2.68. The summed E-state index contributed by atoms with van der Waals surface area (Å²) in [7, 11) is 0. The Morgan fingerprint density at radius 1 is 1.36 bits per heavy atom. The van der Waals surface area contributed by atoms with Crippen LogP contribution in [-0.2, 0) is 0 Å². The minimum Gasteiger partial charge on any atom is -0.345 e. The summed E-state index contributed by atoms with van der Waals surface area (Å²) in [5.41, 5.74) is 6.99. The van der Waals surface area contributed by atoms with Crippen molar-refractivity contribution in [3.63, 3.8) is 0 Å². The maximum atomic E-state index is 13.0. The number of rotatable bonds is 5. The van der Waals surface area contributed by atoms with Gasteiger partial charge in [0.1, 0.15) is 15.7 Å². The third-order valence-electron chi connectivity index (χ3n) is 4.40. The van der Waals surface area contributed by atoms with Crippen molar-refractivity contribution in [1.29, 1.82) is 0 Å². The number of aryl methyl sites for hydroxylation is 1. The van der Waals surface area contributed by atoms with Gasteiger partial charge in [-0.15, -0.1) is 36.2 Å². The molecule has 0 spiro atoms. The SMILES string of the molecule is Cc1nc(-c2ccc(F)cc2)sc1C(=O)NC(C)(CN)C1CC1.Cl.Cl. The number of amides is 1. The normalized spacial score (nSPS) is 15.5. The molecular formula is C17H22Cl2FN3OS. The molecule has 1 aromatic carbocycles. The number of aromatic nitrogens is 1. The van der Waals surface area contributed by atoms with Crippen molar-refractivity contribution < 1.29 is 9.18 Å². The molecule has 3 N–H and O–H groups in total. The van der Waals surface area contributed by atoms with Crippen LogP contribution in [0.1, 0.15) is 35.1 Å². The number of nitrogens with zero attached hydrogens (tertiary/aromatic N) is 1. The largest absolute Gasteiger partial charge is 0.345 e. The number of carbonyl (C=O) groups excluding carboxylic acids is 1. The first-order valence-electron chi connectivity index (χ1n) is 7.69. The van der Waals surface area contributed by atoms with Gasteiger partial charge in [0.2, 0.25) is 0 Å². The van der Waals surface area contributed by atoms with Crippen molar-refractivity contribution in [2.24, 2.45) is 11.7 Å². The Morgan fingerprint density at radius 2 is 1.96 bits per heavy atom. The Hall–Kier alpha value is -1.21. The number of carbonyl (C=O) groups is 1. The summed E-state index contributed by atoms with van der Waals surface area (Å²) >= 11 is 1.32. The molecule has 138 valence electrons. The van der Waals surface area contributed by atoms with Crippen LogP contribution in [0.2, 0.25) is 0 Å². The summed E-state index contributed by atoms with van der Waals surface area (Å²) in [6.45, 7) is 4.24. The lowest BCUT2D eigenvalue weighted by atomic mass is 9.96. The molecule has 2 aromatic rings. The molecule has 1 aromatic heterocycles. The Bertz CT molecular complexity index is 734. The Kier molecular flexibility index (Phi) is 7.38. The second kappa shape index (κ2) is 8.45. The van der Waals surface area contributed by atoms with Gasteiger partial charge < -0.3 is 11.1 Å². The second-order valence-corrected chi connectivity index (χ2v) is 7.29. The molecule has 25 heavy (non-hydrogen) atoms. The minimum absolute atomic E-state index is 0. The zero-order valence-corrected chi connectivity index (χ0v) is 16.5. The van der Waals surface area contributed by atoms with Crippen molar-refractivity contribution >= 4 is 42.1 Å². The van der Waals surface area contributed by atoms with E-state index in [0.717, 1.165) is 18.4 Å². The van der Waals surface area contributed by atoms with E-state index in [2.05, 4.69) is 10.3 Å². The second-order valence-electron chi connectivity index (χ2n) is 6.29. The molecule has 1 fully saturated rings. The van der Waals surface area contributed by atoms with Crippen molar-refractivity contribution in [2.45, 2.75) is 32.2 Å². The molecule has 1 unspecified atom stereocenters. The predicted octanol–water partition coefficient (Wildman–Crippen LogP) is 3.96. The molecule has 1 saturated carbocycles. The number of hydrogen-bond acceptors (Lipinski definition) is 4. The predicted molar refractivity (Wildman–Crippen MR) is 104 cm³/mol. The standard InChI is InChI=1S/C17H20FN3OS.2ClH/c1-10-14(15(22)21-17(2,9-19)12-5-6-12)23-16(20-10)11-3-7-13(18)8-4-11;;/h3-4,7-8,12H,5-6,9,19H2,1-2H3,(H,21,22);2*1H. The molecule has 1 aliphatic rings. The van der Waals surface area contributed by atoms with E-state index in [1.165, 1.54) is 23.5 Å². The Balaban J connectivity index is 0.00000156. The summed E-state index contributed by atoms with van der Waals surface area (Å²) in [6.07, 6.45) is 2.22. The van der Waals surface area contributed by atoms with Gasteiger partial charge >= 0.3 is 0 Å². The van der Waals surface area contributed by atoms with Crippen molar-refractivity contribution in [3.8, 4) is 10.6 Å². The van der Waals surface area contributed by atoms with Gasteiger partial charge in [-0.1, -0.05) is 0 Å². The van der Waals surface area contributed by atoms with E-state index in [4.69, 9.17) is 5.73 Å². The van der Waals surface area contributed by atoms with E-state index in [1.54, 1.807) is 12.1 Å². The highest BCUT2D eigenvalue weighted by molar-refractivity contribution is 7.17. The fourth-order valence-corrected chi connectivity index (χ4v) is 3.65. The van der Waals surface area contributed by atoms with E-state index in [9.17, 15) is 9.18 Å². The van der Waals surface area contributed by atoms with Crippen LogP contribution in [0.4, 0.5) is 4.39 Å². The monoisotopic (exact) mass is 405 g/mol. The number of benzene rings is 1. The van der Waals surface area contributed by atoms with E-state index >= 15 is 0 Å². The molecule has 0 bridgehead atoms. The highest BCUT2D eigenvalue weighted by Gasteiger charge is 2.42. The number of nitrogens with one attached hydrogen (secondary N) is 1. The van der Waals surface area contributed by atoms with E-state index < -0.39 is 0 Å². The van der Waals surface area contributed by atoms with Crippen LogP contribution >= 0.6 is 36.2 Å². The lowest BCUT2D eigenvalue weighted by Crippen LogP contribution is -2.53. The molecule has 8 heteroatoms. The molecule has 1 atom stereocenters. The zero-order valence-electron chi connectivity index (χ0n) is 14.0. The first-order valence-corrected chi connectivity index (χ1v) is 8.50. The van der Waals surface area contributed by atoms with Gasteiger partial charge in [0.15, 0.2) is 0 Å². The molecular weight excluding hydrogens is 384 g/mol. The summed E-state index contributed by atoms with van der Waals surface area (Å²) in [4.78, 5) is 17.7. The van der Waals surface area contributed by atoms with Crippen molar-refractivity contribution in [3.05, 3.63) is 40.7 Å². The summed E-state index contributed by atoms with van der Waals surface area (Å²) in [5.74, 6) is 0.0394. The lowest BCUT2D eigenvalue weighted by Gasteiger charge is -2.29. The highest BCUT2D eigenvalue weighted by atomic mass is 35.5. The van der Waals surface area contributed by atoms with E-state index in [1.807, 2.05) is 13.8 Å². The topological polar surface area (TPSA) is 68.0 Å². The number of halogens is 3. The maximum absolute atomic E-state index is 13.0. The molecule has 1 amide bonds. The van der Waals surface area contributed by atoms with Crippen LogP contribution in [0.3, 0.4) is 0 Å². The number of thiazole rings is 1. The molecule has 0 aliphatic heterocycles. The molecule has 1 heterocycles. The van der Waals surface area contributed by atoms with E-state index in [-0.39, 0.29) is 42.1 Å². The van der Waals surface area contributed by atoms with Gasteiger partial charge in [0.05, 0.1) is 11.2 Å². The van der Waals surface area contributed by atoms with Crippen LogP contribution in [0.5, 0.6) is 0 Å². The highest BCUT2D eigenvalue weighted by Crippen LogP contribution is 2.39. The van der Waals surface area contributed by atoms with Crippen molar-refractivity contribution in [1.82, 2.24) is 10.3 Å².